The first kappa shape index (κ1) is 17.7. The van der Waals surface area contributed by atoms with E-state index in [1.807, 2.05) is 0 Å². The minimum absolute atomic E-state index is 0.0130. The average molecular weight is 353 g/mol. The van der Waals surface area contributed by atoms with Gasteiger partial charge in [0.15, 0.2) is 5.78 Å². The molecular weight excluding hydrogens is 334 g/mol. The fourth-order valence-electron chi connectivity index (χ4n) is 2.99. The molecule has 0 unspecified atom stereocenters. The number of Topliss-reactive ketones (excluding diaryl/α,β-unsaturated/α-hetero) is 1. The number of carboxylic acids is 1. The highest BCUT2D eigenvalue weighted by Crippen LogP contribution is 2.24. The molecule has 0 aliphatic carbocycles. The van der Waals surface area contributed by atoms with Gasteiger partial charge in [-0.15, -0.1) is 0 Å². The summed E-state index contributed by atoms with van der Waals surface area (Å²) in [5.74, 6) is -0.133. The van der Waals surface area contributed by atoms with E-state index in [-0.39, 0.29) is 11.7 Å². The zero-order valence-corrected chi connectivity index (χ0v) is 14.3. The van der Waals surface area contributed by atoms with Gasteiger partial charge in [0.25, 0.3) is 5.91 Å². The Balaban J connectivity index is 1.69. The fraction of sp³-hybridized carbons (Fsp3) is 0.250. The predicted octanol–water partition coefficient (Wildman–Crippen LogP) is 3.37. The van der Waals surface area contributed by atoms with Crippen molar-refractivity contribution < 1.29 is 24.2 Å². The average Bonchev–Trinajstić information content (AvgIpc) is 3.12. The van der Waals surface area contributed by atoms with Gasteiger partial charge in [0.1, 0.15) is 17.5 Å². The lowest BCUT2D eigenvalue weighted by atomic mass is 10.1. The molecule has 1 amide bonds. The Kier molecular flexibility index (Phi) is 5.02. The van der Waals surface area contributed by atoms with Crippen molar-refractivity contribution in [2.24, 2.45) is 0 Å². The van der Waals surface area contributed by atoms with Crippen LogP contribution in [0.1, 0.15) is 40.5 Å². The van der Waals surface area contributed by atoms with E-state index in [9.17, 15) is 19.5 Å². The van der Waals surface area contributed by atoms with Gasteiger partial charge in [-0.1, -0.05) is 0 Å². The first-order valence-corrected chi connectivity index (χ1v) is 8.38. The number of aliphatic carboxylic acids is 1. The predicted molar refractivity (Wildman–Crippen MR) is 94.7 cm³/mol. The molecule has 0 bridgehead atoms. The second-order valence-corrected chi connectivity index (χ2v) is 6.20. The Morgan fingerprint density at radius 1 is 0.962 bits per heavy atom. The van der Waals surface area contributed by atoms with Crippen molar-refractivity contribution in [3.8, 4) is 11.5 Å². The molecule has 1 fully saturated rings. The number of carbonyl (C=O) groups excluding carboxylic acids is 2. The highest BCUT2D eigenvalue weighted by Gasteiger charge is 2.34. The molecule has 1 atom stereocenters. The normalized spacial score (nSPS) is 16.3. The third-order valence-corrected chi connectivity index (χ3v) is 4.40. The lowest BCUT2D eigenvalue weighted by Crippen LogP contribution is -2.40. The van der Waals surface area contributed by atoms with Crippen molar-refractivity contribution in [3.05, 3.63) is 59.7 Å². The Morgan fingerprint density at radius 2 is 1.50 bits per heavy atom. The minimum Gasteiger partial charge on any atom is -0.480 e. The third-order valence-electron chi connectivity index (χ3n) is 4.40. The number of hydrogen-bond donors (Lipinski definition) is 1. The van der Waals surface area contributed by atoms with Crippen LogP contribution in [0, 0.1) is 0 Å². The molecule has 1 heterocycles. The van der Waals surface area contributed by atoms with Gasteiger partial charge in [0.2, 0.25) is 0 Å². The second kappa shape index (κ2) is 7.39. The second-order valence-electron chi connectivity index (χ2n) is 6.20. The maximum atomic E-state index is 12.5. The van der Waals surface area contributed by atoms with Gasteiger partial charge in [-0.05, 0) is 68.3 Å². The van der Waals surface area contributed by atoms with Gasteiger partial charge in [-0.3, -0.25) is 9.59 Å². The molecule has 2 aromatic carbocycles. The van der Waals surface area contributed by atoms with E-state index in [0.29, 0.717) is 42.0 Å². The van der Waals surface area contributed by atoms with Crippen molar-refractivity contribution in [3.63, 3.8) is 0 Å². The molecule has 0 spiro atoms. The minimum atomic E-state index is -0.968. The van der Waals surface area contributed by atoms with Gasteiger partial charge in [-0.2, -0.15) is 0 Å². The standard InChI is InChI=1S/C20H19NO5/c1-13(22)14-4-8-16(9-5-14)26-17-10-6-15(7-11-17)19(23)21-12-2-3-18(21)20(24)25/h4-11,18H,2-3,12H2,1H3,(H,24,25)/t18-/m1/s1. The third kappa shape index (κ3) is 3.74. The number of carboxylic acid groups (broad SMARTS) is 1. The first-order valence-electron chi connectivity index (χ1n) is 8.38. The van der Waals surface area contributed by atoms with E-state index >= 15 is 0 Å². The molecular formula is C20H19NO5. The summed E-state index contributed by atoms with van der Waals surface area (Å²) in [6.07, 6.45) is 1.18. The Labute approximate surface area is 151 Å². The van der Waals surface area contributed by atoms with Crippen LogP contribution in [0.2, 0.25) is 0 Å². The van der Waals surface area contributed by atoms with Crippen molar-refractivity contribution >= 4 is 17.7 Å². The summed E-state index contributed by atoms with van der Waals surface area (Å²) in [6, 6.07) is 12.6. The Morgan fingerprint density at radius 3 is 2.00 bits per heavy atom. The number of ketones is 1. The van der Waals surface area contributed by atoms with Gasteiger partial charge >= 0.3 is 5.97 Å². The summed E-state index contributed by atoms with van der Waals surface area (Å²) < 4.78 is 5.70. The van der Waals surface area contributed by atoms with Gasteiger partial charge in [0.05, 0.1) is 0 Å². The van der Waals surface area contributed by atoms with Gasteiger partial charge in [0, 0.05) is 17.7 Å². The van der Waals surface area contributed by atoms with E-state index < -0.39 is 12.0 Å². The van der Waals surface area contributed by atoms with E-state index in [0.717, 1.165) is 0 Å². The zero-order valence-electron chi connectivity index (χ0n) is 14.3. The quantitative estimate of drug-likeness (QED) is 0.833. The number of benzene rings is 2. The van der Waals surface area contributed by atoms with Crippen LogP contribution in [-0.2, 0) is 4.79 Å². The molecule has 1 saturated heterocycles. The maximum absolute atomic E-state index is 12.5. The SMILES string of the molecule is CC(=O)c1ccc(Oc2ccc(C(=O)N3CCC[C@@H]3C(=O)O)cc2)cc1. The number of ether oxygens (including phenoxy) is 1. The van der Waals surface area contributed by atoms with Gasteiger partial charge < -0.3 is 14.7 Å². The van der Waals surface area contributed by atoms with E-state index in [1.54, 1.807) is 48.5 Å². The zero-order chi connectivity index (χ0) is 18.7. The molecule has 2 aromatic rings. The highest BCUT2D eigenvalue weighted by molar-refractivity contribution is 5.97. The number of carbonyl (C=O) groups is 3. The van der Waals surface area contributed by atoms with Crippen LogP contribution in [0.3, 0.4) is 0 Å². The molecule has 0 radical (unpaired) electrons. The topological polar surface area (TPSA) is 83.9 Å². The lowest BCUT2D eigenvalue weighted by Gasteiger charge is -2.21. The molecule has 0 saturated carbocycles. The maximum Gasteiger partial charge on any atom is 0.326 e. The summed E-state index contributed by atoms with van der Waals surface area (Å²) in [4.78, 5) is 36.4. The van der Waals surface area contributed by atoms with Crippen LogP contribution in [0.25, 0.3) is 0 Å². The highest BCUT2D eigenvalue weighted by atomic mass is 16.5. The Bertz CT molecular complexity index is 826. The summed E-state index contributed by atoms with van der Waals surface area (Å²) >= 11 is 0. The van der Waals surface area contributed by atoms with Crippen molar-refractivity contribution in [2.75, 3.05) is 6.54 Å². The summed E-state index contributed by atoms with van der Waals surface area (Å²) in [5.41, 5.74) is 1.04. The number of likely N-dealkylation sites (tertiary alicyclic amines) is 1. The number of amides is 1. The molecule has 1 aliphatic heterocycles. The number of rotatable bonds is 5. The molecule has 1 aliphatic rings. The summed E-state index contributed by atoms with van der Waals surface area (Å²) in [5, 5.41) is 9.21. The van der Waals surface area contributed by atoms with Crippen LogP contribution < -0.4 is 4.74 Å². The van der Waals surface area contributed by atoms with Crippen molar-refractivity contribution in [1.82, 2.24) is 4.90 Å². The molecule has 26 heavy (non-hydrogen) atoms. The molecule has 6 nitrogen and oxygen atoms in total. The fourth-order valence-corrected chi connectivity index (χ4v) is 2.99. The van der Waals surface area contributed by atoms with Crippen LogP contribution in [0.15, 0.2) is 48.5 Å². The van der Waals surface area contributed by atoms with Crippen molar-refractivity contribution in [1.29, 1.82) is 0 Å². The van der Waals surface area contributed by atoms with Crippen LogP contribution >= 0.6 is 0 Å². The van der Waals surface area contributed by atoms with Gasteiger partial charge in [-0.25, -0.2) is 4.79 Å². The summed E-state index contributed by atoms with van der Waals surface area (Å²) in [6.45, 7) is 1.96. The molecule has 134 valence electrons. The largest absolute Gasteiger partial charge is 0.480 e. The lowest BCUT2D eigenvalue weighted by molar-refractivity contribution is -0.141. The van der Waals surface area contributed by atoms with E-state index in [1.165, 1.54) is 11.8 Å². The number of nitrogens with zero attached hydrogens (tertiary/aromatic N) is 1. The molecule has 3 rings (SSSR count). The molecule has 1 N–H and O–H groups in total. The first-order chi connectivity index (χ1) is 12.5. The van der Waals surface area contributed by atoms with E-state index in [4.69, 9.17) is 4.74 Å². The van der Waals surface area contributed by atoms with Crippen LogP contribution in [0.4, 0.5) is 0 Å². The number of hydrogen-bond acceptors (Lipinski definition) is 4. The van der Waals surface area contributed by atoms with Crippen LogP contribution in [-0.4, -0.2) is 40.3 Å². The smallest absolute Gasteiger partial charge is 0.326 e. The molecule has 0 aromatic heterocycles. The van der Waals surface area contributed by atoms with Crippen molar-refractivity contribution in [2.45, 2.75) is 25.8 Å². The van der Waals surface area contributed by atoms with Crippen LogP contribution in [0.5, 0.6) is 11.5 Å². The monoisotopic (exact) mass is 353 g/mol. The Hall–Kier alpha value is -3.15. The van der Waals surface area contributed by atoms with E-state index in [2.05, 4.69) is 0 Å². The summed E-state index contributed by atoms with van der Waals surface area (Å²) in [7, 11) is 0. The molecule has 6 heteroatoms.